The van der Waals surface area contributed by atoms with Crippen molar-refractivity contribution in [2.24, 2.45) is 0 Å². The molecule has 15 heavy (non-hydrogen) atoms. The van der Waals surface area contributed by atoms with Gasteiger partial charge in [0, 0.05) is 6.54 Å². The first-order chi connectivity index (χ1) is 7.33. The Morgan fingerprint density at radius 1 is 1.53 bits per heavy atom. The second-order valence-corrected chi connectivity index (χ2v) is 3.97. The Bertz CT molecular complexity index is 272. The van der Waals surface area contributed by atoms with Gasteiger partial charge in [0.05, 0.1) is 13.0 Å². The Kier molecular flexibility index (Phi) is 6.04. The van der Waals surface area contributed by atoms with E-state index in [1.54, 1.807) is 11.3 Å². The predicted molar refractivity (Wildman–Crippen MR) is 62.1 cm³/mol. The molecule has 1 N–H and O–H groups in total. The van der Waals surface area contributed by atoms with Crippen molar-refractivity contribution in [2.45, 2.75) is 19.8 Å². The fourth-order valence-electron chi connectivity index (χ4n) is 1.22. The van der Waals surface area contributed by atoms with Crippen LogP contribution in [0.1, 0.15) is 18.9 Å². The zero-order valence-corrected chi connectivity index (χ0v) is 9.81. The Labute approximate surface area is 94.5 Å². The van der Waals surface area contributed by atoms with Gasteiger partial charge in [-0.1, -0.05) is 0 Å². The second-order valence-electron chi connectivity index (χ2n) is 3.19. The Hall–Kier alpha value is -0.870. The summed E-state index contributed by atoms with van der Waals surface area (Å²) in [5.74, 6) is -0.125. The highest BCUT2D eigenvalue weighted by atomic mass is 32.1. The van der Waals surface area contributed by atoms with Crippen LogP contribution in [0.2, 0.25) is 0 Å². The molecule has 0 radical (unpaired) electrons. The van der Waals surface area contributed by atoms with Crippen LogP contribution in [0.15, 0.2) is 16.8 Å². The summed E-state index contributed by atoms with van der Waals surface area (Å²) in [4.78, 5) is 11.0. The Morgan fingerprint density at radius 2 is 2.40 bits per heavy atom. The SMILES string of the molecule is CCOC(=O)CCNCCc1ccsc1. The molecule has 0 fully saturated rings. The van der Waals surface area contributed by atoms with E-state index in [4.69, 9.17) is 4.74 Å². The fraction of sp³-hybridized carbons (Fsp3) is 0.545. The highest BCUT2D eigenvalue weighted by Gasteiger charge is 2.00. The van der Waals surface area contributed by atoms with E-state index in [-0.39, 0.29) is 5.97 Å². The summed E-state index contributed by atoms with van der Waals surface area (Å²) < 4.78 is 4.82. The van der Waals surface area contributed by atoms with E-state index in [1.165, 1.54) is 5.56 Å². The number of thiophene rings is 1. The molecule has 1 heterocycles. The topological polar surface area (TPSA) is 38.3 Å². The summed E-state index contributed by atoms with van der Waals surface area (Å²) in [6.45, 7) is 3.90. The van der Waals surface area contributed by atoms with Crippen molar-refractivity contribution < 1.29 is 9.53 Å². The molecule has 0 aliphatic carbocycles. The van der Waals surface area contributed by atoms with Gasteiger partial charge in [0.15, 0.2) is 0 Å². The first-order valence-corrected chi connectivity index (χ1v) is 6.14. The van der Waals surface area contributed by atoms with Gasteiger partial charge in [0.25, 0.3) is 0 Å². The minimum atomic E-state index is -0.125. The van der Waals surface area contributed by atoms with Gasteiger partial charge in [-0.2, -0.15) is 11.3 Å². The third-order valence-electron chi connectivity index (χ3n) is 1.98. The van der Waals surface area contributed by atoms with Crippen LogP contribution in [0.4, 0.5) is 0 Å². The number of hydrogen-bond donors (Lipinski definition) is 1. The van der Waals surface area contributed by atoms with Crippen molar-refractivity contribution in [2.75, 3.05) is 19.7 Å². The number of ether oxygens (including phenoxy) is 1. The standard InChI is InChI=1S/C11H17NO2S/c1-2-14-11(13)4-7-12-6-3-10-5-8-15-9-10/h5,8-9,12H,2-4,6-7H2,1H3. The summed E-state index contributed by atoms with van der Waals surface area (Å²) in [5, 5.41) is 7.44. The average molecular weight is 227 g/mol. The van der Waals surface area contributed by atoms with Crippen LogP contribution in [-0.4, -0.2) is 25.7 Å². The van der Waals surface area contributed by atoms with Gasteiger partial charge >= 0.3 is 5.97 Å². The molecule has 0 bridgehead atoms. The summed E-state index contributed by atoms with van der Waals surface area (Å²) in [6.07, 6.45) is 1.48. The maximum absolute atomic E-state index is 11.0. The molecule has 84 valence electrons. The van der Waals surface area contributed by atoms with Gasteiger partial charge in [0.2, 0.25) is 0 Å². The van der Waals surface area contributed by atoms with E-state index in [0.29, 0.717) is 19.6 Å². The minimum absolute atomic E-state index is 0.125. The van der Waals surface area contributed by atoms with Crippen molar-refractivity contribution in [1.82, 2.24) is 5.32 Å². The zero-order chi connectivity index (χ0) is 10.9. The Balaban J connectivity index is 1.95. The molecule has 1 rings (SSSR count). The number of hydrogen-bond acceptors (Lipinski definition) is 4. The van der Waals surface area contributed by atoms with E-state index in [2.05, 4.69) is 22.1 Å². The van der Waals surface area contributed by atoms with E-state index in [9.17, 15) is 4.79 Å². The second kappa shape index (κ2) is 7.43. The predicted octanol–water partition coefficient (Wildman–Crippen LogP) is 1.83. The van der Waals surface area contributed by atoms with Crippen LogP contribution in [0, 0.1) is 0 Å². The highest BCUT2D eigenvalue weighted by molar-refractivity contribution is 7.07. The molecular weight excluding hydrogens is 210 g/mol. The lowest BCUT2D eigenvalue weighted by Gasteiger charge is -2.03. The van der Waals surface area contributed by atoms with Crippen LogP contribution in [0.3, 0.4) is 0 Å². The number of carbonyl (C=O) groups is 1. The highest BCUT2D eigenvalue weighted by Crippen LogP contribution is 2.05. The molecule has 0 aromatic carbocycles. The van der Waals surface area contributed by atoms with Crippen LogP contribution in [0.5, 0.6) is 0 Å². The van der Waals surface area contributed by atoms with Crippen LogP contribution >= 0.6 is 11.3 Å². The van der Waals surface area contributed by atoms with Crippen LogP contribution in [0.25, 0.3) is 0 Å². The van der Waals surface area contributed by atoms with E-state index in [1.807, 2.05) is 6.92 Å². The van der Waals surface area contributed by atoms with Crippen molar-refractivity contribution >= 4 is 17.3 Å². The molecule has 1 aromatic rings. The van der Waals surface area contributed by atoms with Gasteiger partial charge < -0.3 is 10.1 Å². The molecule has 0 saturated heterocycles. The number of esters is 1. The zero-order valence-electron chi connectivity index (χ0n) is 8.99. The smallest absolute Gasteiger partial charge is 0.307 e. The molecule has 0 atom stereocenters. The first-order valence-electron chi connectivity index (χ1n) is 5.20. The monoisotopic (exact) mass is 227 g/mol. The quantitative estimate of drug-likeness (QED) is 0.570. The normalized spacial score (nSPS) is 10.2. The summed E-state index contributed by atoms with van der Waals surface area (Å²) in [7, 11) is 0. The third-order valence-corrected chi connectivity index (χ3v) is 2.71. The minimum Gasteiger partial charge on any atom is -0.466 e. The summed E-state index contributed by atoms with van der Waals surface area (Å²) in [6, 6.07) is 2.12. The van der Waals surface area contributed by atoms with Crippen molar-refractivity contribution in [3.05, 3.63) is 22.4 Å². The summed E-state index contributed by atoms with van der Waals surface area (Å²) in [5.41, 5.74) is 1.35. The first kappa shape index (κ1) is 12.2. The molecule has 0 aliphatic rings. The molecule has 0 spiro atoms. The van der Waals surface area contributed by atoms with Gasteiger partial charge in [-0.3, -0.25) is 4.79 Å². The van der Waals surface area contributed by atoms with Crippen molar-refractivity contribution in [3.63, 3.8) is 0 Å². The number of nitrogens with one attached hydrogen (secondary N) is 1. The molecular formula is C11H17NO2S. The van der Waals surface area contributed by atoms with Gasteiger partial charge in [-0.25, -0.2) is 0 Å². The summed E-state index contributed by atoms with van der Waals surface area (Å²) >= 11 is 1.71. The third kappa shape index (κ3) is 5.54. The molecule has 0 amide bonds. The average Bonchev–Trinajstić information content (AvgIpc) is 2.70. The van der Waals surface area contributed by atoms with E-state index >= 15 is 0 Å². The molecule has 0 unspecified atom stereocenters. The largest absolute Gasteiger partial charge is 0.466 e. The maximum Gasteiger partial charge on any atom is 0.307 e. The van der Waals surface area contributed by atoms with Crippen LogP contribution in [-0.2, 0) is 16.0 Å². The molecule has 3 nitrogen and oxygen atoms in total. The van der Waals surface area contributed by atoms with E-state index < -0.39 is 0 Å². The molecule has 0 saturated carbocycles. The van der Waals surface area contributed by atoms with E-state index in [0.717, 1.165) is 13.0 Å². The molecule has 0 aliphatic heterocycles. The number of carbonyl (C=O) groups excluding carboxylic acids is 1. The fourth-order valence-corrected chi connectivity index (χ4v) is 1.92. The number of rotatable bonds is 7. The van der Waals surface area contributed by atoms with Crippen molar-refractivity contribution in [3.8, 4) is 0 Å². The lowest BCUT2D eigenvalue weighted by molar-refractivity contribution is -0.142. The molecule has 4 heteroatoms. The Morgan fingerprint density at radius 3 is 3.07 bits per heavy atom. The van der Waals surface area contributed by atoms with Gasteiger partial charge in [-0.05, 0) is 42.3 Å². The van der Waals surface area contributed by atoms with Crippen LogP contribution < -0.4 is 5.32 Å². The van der Waals surface area contributed by atoms with Gasteiger partial charge in [-0.15, -0.1) is 0 Å². The van der Waals surface area contributed by atoms with Crippen molar-refractivity contribution in [1.29, 1.82) is 0 Å². The van der Waals surface area contributed by atoms with Gasteiger partial charge in [0.1, 0.15) is 0 Å². The lowest BCUT2D eigenvalue weighted by atomic mass is 10.2. The maximum atomic E-state index is 11.0. The lowest BCUT2D eigenvalue weighted by Crippen LogP contribution is -2.21. The molecule has 1 aromatic heterocycles.